The Kier molecular flexibility index (Phi) is 6.14. The molecule has 0 atom stereocenters. The van der Waals surface area contributed by atoms with Crippen LogP contribution in [-0.4, -0.2) is 32.5 Å². The summed E-state index contributed by atoms with van der Waals surface area (Å²) in [5.74, 6) is -0.342. The van der Waals surface area contributed by atoms with Gasteiger partial charge in [-0.2, -0.15) is 0 Å². The van der Waals surface area contributed by atoms with E-state index >= 15 is 0 Å². The van der Waals surface area contributed by atoms with E-state index < -0.39 is 11.9 Å². The Labute approximate surface area is 144 Å². The van der Waals surface area contributed by atoms with E-state index in [4.69, 9.17) is 0 Å². The summed E-state index contributed by atoms with van der Waals surface area (Å²) < 4.78 is 1.76. The Morgan fingerprint density at radius 1 is 1.33 bits per heavy atom. The second kappa shape index (κ2) is 8.30. The lowest BCUT2D eigenvalue weighted by Gasteiger charge is -2.08. The van der Waals surface area contributed by atoms with Crippen LogP contribution in [0.3, 0.4) is 0 Å². The first-order valence-electron chi connectivity index (χ1n) is 7.29. The van der Waals surface area contributed by atoms with Crippen LogP contribution in [0.1, 0.15) is 11.1 Å². The van der Waals surface area contributed by atoms with Gasteiger partial charge in [-0.1, -0.05) is 23.9 Å². The zero-order chi connectivity index (χ0) is 17.5. The van der Waals surface area contributed by atoms with Crippen molar-refractivity contribution in [2.24, 2.45) is 0 Å². The van der Waals surface area contributed by atoms with Crippen LogP contribution in [0.2, 0.25) is 0 Å². The van der Waals surface area contributed by atoms with Crippen molar-refractivity contribution in [3.05, 3.63) is 48.3 Å². The topological polar surface area (TPSA) is 88.9 Å². The van der Waals surface area contributed by atoms with Crippen LogP contribution in [0, 0.1) is 13.8 Å². The molecule has 0 aliphatic carbocycles. The van der Waals surface area contributed by atoms with Crippen molar-refractivity contribution in [2.45, 2.75) is 25.5 Å². The van der Waals surface area contributed by atoms with E-state index in [0.717, 1.165) is 11.1 Å². The third-order valence-corrected chi connectivity index (χ3v) is 4.24. The second-order valence-corrected chi connectivity index (χ2v) is 6.09. The number of hydrogen-bond donors (Lipinski definition) is 2. The summed E-state index contributed by atoms with van der Waals surface area (Å²) in [7, 11) is 0. The van der Waals surface area contributed by atoms with Crippen LogP contribution < -0.4 is 10.6 Å². The normalized spacial score (nSPS) is 10.2. The minimum absolute atomic E-state index is 0.0657. The van der Waals surface area contributed by atoms with Crippen LogP contribution in [0.4, 0.5) is 10.5 Å². The average Bonchev–Trinajstić information content (AvgIpc) is 2.96. The number of aromatic nitrogens is 3. The zero-order valence-electron chi connectivity index (χ0n) is 13.6. The van der Waals surface area contributed by atoms with E-state index in [1.165, 1.54) is 11.8 Å². The third kappa shape index (κ3) is 4.95. The molecule has 8 heteroatoms. The number of imide groups is 1. The van der Waals surface area contributed by atoms with Crippen LogP contribution >= 0.6 is 11.8 Å². The molecule has 1 aromatic heterocycles. The monoisotopic (exact) mass is 345 g/mol. The maximum Gasteiger partial charge on any atom is 0.325 e. The van der Waals surface area contributed by atoms with E-state index in [1.807, 2.05) is 26.0 Å². The molecule has 0 spiro atoms. The molecule has 7 nitrogen and oxygen atoms in total. The van der Waals surface area contributed by atoms with Gasteiger partial charge in [-0.05, 0) is 37.1 Å². The van der Waals surface area contributed by atoms with Gasteiger partial charge in [-0.15, -0.1) is 16.8 Å². The van der Waals surface area contributed by atoms with Crippen molar-refractivity contribution in [2.75, 3.05) is 11.1 Å². The molecule has 1 heterocycles. The Balaban J connectivity index is 1.83. The van der Waals surface area contributed by atoms with E-state index in [9.17, 15) is 9.59 Å². The minimum atomic E-state index is -0.559. The molecular weight excluding hydrogens is 326 g/mol. The molecule has 0 aliphatic rings. The van der Waals surface area contributed by atoms with E-state index in [1.54, 1.807) is 23.0 Å². The molecule has 126 valence electrons. The lowest BCUT2D eigenvalue weighted by molar-refractivity contribution is -0.117. The molecular formula is C16H19N5O2S. The van der Waals surface area contributed by atoms with E-state index in [0.29, 0.717) is 17.4 Å². The molecule has 1 aromatic carbocycles. The van der Waals surface area contributed by atoms with Crippen molar-refractivity contribution in [3.63, 3.8) is 0 Å². The maximum absolute atomic E-state index is 11.9. The summed E-state index contributed by atoms with van der Waals surface area (Å²) in [6.07, 6.45) is 3.28. The SMILES string of the molecule is C=CCn1cnnc1SCC(=O)NC(=O)Nc1ccc(C)c(C)c1. The molecule has 3 amide bonds. The predicted octanol–water partition coefficient (Wildman–Crippen LogP) is 2.52. The molecule has 0 saturated heterocycles. The molecule has 0 fully saturated rings. The number of amides is 3. The number of carbonyl (C=O) groups is 2. The Morgan fingerprint density at radius 3 is 2.83 bits per heavy atom. The number of carbonyl (C=O) groups excluding carboxylic acids is 2. The molecule has 0 saturated carbocycles. The summed E-state index contributed by atoms with van der Waals surface area (Å²) in [5, 5.41) is 13.2. The number of nitrogens with zero attached hydrogens (tertiary/aromatic N) is 3. The highest BCUT2D eigenvalue weighted by atomic mass is 32.2. The standard InChI is InChI=1S/C16H19N5O2S/c1-4-7-21-10-17-20-16(21)24-9-14(22)19-15(23)18-13-6-5-11(2)12(3)8-13/h4-6,8,10H,1,7,9H2,2-3H3,(H2,18,19,22,23). The number of thioether (sulfide) groups is 1. The van der Waals surface area contributed by atoms with Crippen LogP contribution in [0.5, 0.6) is 0 Å². The summed E-state index contributed by atoms with van der Waals surface area (Å²) in [6.45, 7) is 8.15. The number of benzene rings is 1. The Hall–Kier alpha value is -2.61. The fourth-order valence-corrected chi connectivity index (χ4v) is 2.62. The maximum atomic E-state index is 11.9. The first-order chi connectivity index (χ1) is 11.5. The third-order valence-electron chi connectivity index (χ3n) is 3.26. The number of allylic oxidation sites excluding steroid dienone is 1. The van der Waals surface area contributed by atoms with E-state index in [-0.39, 0.29) is 5.75 Å². The van der Waals surface area contributed by atoms with Crippen molar-refractivity contribution in [1.29, 1.82) is 0 Å². The highest BCUT2D eigenvalue weighted by Crippen LogP contribution is 2.15. The fourth-order valence-electron chi connectivity index (χ4n) is 1.89. The molecule has 24 heavy (non-hydrogen) atoms. The van der Waals surface area contributed by atoms with Gasteiger partial charge in [-0.3, -0.25) is 10.1 Å². The number of nitrogens with one attached hydrogen (secondary N) is 2. The molecule has 0 radical (unpaired) electrons. The Morgan fingerprint density at radius 2 is 2.12 bits per heavy atom. The van der Waals surface area contributed by atoms with Crippen molar-refractivity contribution < 1.29 is 9.59 Å². The summed E-state index contributed by atoms with van der Waals surface area (Å²) in [5.41, 5.74) is 2.84. The number of rotatable bonds is 6. The van der Waals surface area contributed by atoms with Gasteiger partial charge in [-0.25, -0.2) is 4.79 Å². The average molecular weight is 345 g/mol. The van der Waals surface area contributed by atoms with Gasteiger partial charge in [0.15, 0.2) is 5.16 Å². The fraction of sp³-hybridized carbons (Fsp3) is 0.250. The van der Waals surface area contributed by atoms with Crippen molar-refractivity contribution in [3.8, 4) is 0 Å². The minimum Gasteiger partial charge on any atom is -0.308 e. The summed E-state index contributed by atoms with van der Waals surface area (Å²) in [4.78, 5) is 23.7. The molecule has 2 aromatic rings. The molecule has 0 aliphatic heterocycles. The van der Waals surface area contributed by atoms with Gasteiger partial charge >= 0.3 is 6.03 Å². The number of urea groups is 1. The lowest BCUT2D eigenvalue weighted by atomic mass is 10.1. The molecule has 0 unspecified atom stereocenters. The summed E-state index contributed by atoms with van der Waals surface area (Å²) >= 11 is 1.20. The molecule has 2 rings (SSSR count). The smallest absolute Gasteiger partial charge is 0.308 e. The van der Waals surface area contributed by atoms with Gasteiger partial charge in [0.2, 0.25) is 5.91 Å². The number of hydrogen-bond acceptors (Lipinski definition) is 5. The van der Waals surface area contributed by atoms with Gasteiger partial charge in [0.25, 0.3) is 0 Å². The van der Waals surface area contributed by atoms with Crippen molar-refractivity contribution >= 4 is 29.4 Å². The number of aryl methyl sites for hydroxylation is 2. The van der Waals surface area contributed by atoms with Crippen LogP contribution in [0.15, 0.2) is 42.3 Å². The lowest BCUT2D eigenvalue weighted by Crippen LogP contribution is -2.35. The quantitative estimate of drug-likeness (QED) is 0.620. The second-order valence-electron chi connectivity index (χ2n) is 5.14. The first-order valence-corrected chi connectivity index (χ1v) is 8.27. The van der Waals surface area contributed by atoms with Crippen LogP contribution in [-0.2, 0) is 11.3 Å². The molecule has 0 bridgehead atoms. The highest BCUT2D eigenvalue weighted by molar-refractivity contribution is 7.99. The van der Waals surface area contributed by atoms with E-state index in [2.05, 4.69) is 27.4 Å². The largest absolute Gasteiger partial charge is 0.325 e. The van der Waals surface area contributed by atoms with Gasteiger partial charge < -0.3 is 9.88 Å². The number of anilines is 1. The van der Waals surface area contributed by atoms with Gasteiger partial charge in [0.1, 0.15) is 6.33 Å². The highest BCUT2D eigenvalue weighted by Gasteiger charge is 2.11. The first kappa shape index (κ1) is 17.7. The van der Waals surface area contributed by atoms with Gasteiger partial charge in [0.05, 0.1) is 5.75 Å². The van der Waals surface area contributed by atoms with Crippen LogP contribution in [0.25, 0.3) is 0 Å². The summed E-state index contributed by atoms with van der Waals surface area (Å²) in [6, 6.07) is 5.00. The predicted molar refractivity (Wildman–Crippen MR) is 94.0 cm³/mol. The van der Waals surface area contributed by atoms with Gasteiger partial charge in [0, 0.05) is 12.2 Å². The zero-order valence-corrected chi connectivity index (χ0v) is 14.4. The van der Waals surface area contributed by atoms with Crippen molar-refractivity contribution in [1.82, 2.24) is 20.1 Å². The molecule has 2 N–H and O–H groups in total. The Bertz CT molecular complexity index is 757.